The van der Waals surface area contributed by atoms with E-state index in [1.54, 1.807) is 25.1 Å². The molecule has 0 aliphatic heterocycles. The van der Waals surface area contributed by atoms with E-state index < -0.39 is 4.92 Å². The Labute approximate surface area is 131 Å². The minimum atomic E-state index is -0.469. The highest BCUT2D eigenvalue weighted by atomic mass is 16.6. The first-order valence-electron chi connectivity index (χ1n) is 6.96. The number of hydrogen-bond donors (Lipinski definition) is 1. The molecule has 1 heterocycles. The molecular formula is C15H15N5O3. The van der Waals surface area contributed by atoms with Gasteiger partial charge in [0.05, 0.1) is 10.6 Å². The van der Waals surface area contributed by atoms with E-state index in [9.17, 15) is 10.1 Å². The van der Waals surface area contributed by atoms with Gasteiger partial charge in [-0.1, -0.05) is 30.3 Å². The van der Waals surface area contributed by atoms with Crippen molar-refractivity contribution >= 4 is 28.1 Å². The van der Waals surface area contributed by atoms with Gasteiger partial charge in [-0.15, -0.1) is 0 Å². The van der Waals surface area contributed by atoms with Crippen molar-refractivity contribution < 1.29 is 9.55 Å². The molecular weight excluding hydrogens is 298 g/mol. The lowest BCUT2D eigenvalue weighted by molar-refractivity contribution is -0.382. The molecule has 0 unspecified atom stereocenters. The Kier molecular flexibility index (Phi) is 3.80. The summed E-state index contributed by atoms with van der Waals surface area (Å²) in [6.07, 6.45) is 0. The Morgan fingerprint density at radius 2 is 1.91 bits per heavy atom. The number of nitrogens with one attached hydrogen (secondary N) is 1. The van der Waals surface area contributed by atoms with Crippen molar-refractivity contribution in [3.63, 3.8) is 0 Å². The molecule has 0 atom stereocenters. The number of nitrogens with zero attached hydrogens (tertiary/aromatic N) is 4. The van der Waals surface area contributed by atoms with Crippen LogP contribution < -0.4 is 10.2 Å². The van der Waals surface area contributed by atoms with Crippen LogP contribution in [0.5, 0.6) is 0 Å². The molecule has 1 aromatic heterocycles. The molecule has 0 aliphatic rings. The number of nitro groups is 1. The van der Waals surface area contributed by atoms with Gasteiger partial charge in [0.2, 0.25) is 5.52 Å². The second-order valence-electron chi connectivity index (χ2n) is 5.24. The summed E-state index contributed by atoms with van der Waals surface area (Å²) in [4.78, 5) is 12.6. The first-order chi connectivity index (χ1) is 11.1. The van der Waals surface area contributed by atoms with Crippen LogP contribution in [0.4, 0.5) is 17.1 Å². The van der Waals surface area contributed by atoms with Crippen molar-refractivity contribution in [3.8, 4) is 0 Å². The average molecular weight is 313 g/mol. The molecule has 23 heavy (non-hydrogen) atoms. The zero-order chi connectivity index (χ0) is 16.4. The minimum Gasteiger partial charge on any atom is -0.379 e. The molecule has 0 spiro atoms. The fraction of sp³-hybridized carbons (Fsp3) is 0.200. The standard InChI is InChI=1S/C15H15N5O3/c1-19(2)12-8-11(16-9-10-6-4-3-5-7-10)13-14(18-23-17-13)15(12)20(21)22/h3-8,16H,9H2,1-2H3. The number of nitro benzene ring substituents is 1. The van der Waals surface area contributed by atoms with Gasteiger partial charge in [0.15, 0.2) is 5.52 Å². The maximum absolute atomic E-state index is 11.4. The molecule has 2 aromatic carbocycles. The van der Waals surface area contributed by atoms with Crippen molar-refractivity contribution in [2.75, 3.05) is 24.3 Å². The lowest BCUT2D eigenvalue weighted by atomic mass is 10.1. The van der Waals surface area contributed by atoms with Gasteiger partial charge >= 0.3 is 5.69 Å². The summed E-state index contributed by atoms with van der Waals surface area (Å²) >= 11 is 0. The molecule has 118 valence electrons. The fourth-order valence-corrected chi connectivity index (χ4v) is 2.36. The Hall–Kier alpha value is -3.16. The Bertz CT molecular complexity index is 845. The van der Waals surface area contributed by atoms with Crippen molar-refractivity contribution in [2.45, 2.75) is 6.54 Å². The fourth-order valence-electron chi connectivity index (χ4n) is 2.36. The zero-order valence-corrected chi connectivity index (χ0v) is 12.7. The summed E-state index contributed by atoms with van der Waals surface area (Å²) in [7, 11) is 3.48. The van der Waals surface area contributed by atoms with Gasteiger partial charge < -0.3 is 10.2 Å². The van der Waals surface area contributed by atoms with Gasteiger partial charge in [0.25, 0.3) is 0 Å². The van der Waals surface area contributed by atoms with Crippen LogP contribution in [0, 0.1) is 10.1 Å². The highest BCUT2D eigenvalue weighted by Crippen LogP contribution is 2.38. The summed E-state index contributed by atoms with van der Waals surface area (Å²) in [6, 6.07) is 11.5. The second kappa shape index (κ2) is 5.91. The van der Waals surface area contributed by atoms with E-state index in [4.69, 9.17) is 4.63 Å². The van der Waals surface area contributed by atoms with Gasteiger partial charge in [0.1, 0.15) is 5.69 Å². The largest absolute Gasteiger partial charge is 0.379 e. The molecule has 0 fully saturated rings. The molecule has 0 amide bonds. The molecule has 8 heteroatoms. The van der Waals surface area contributed by atoms with Crippen LogP contribution in [0.25, 0.3) is 11.0 Å². The average Bonchev–Trinajstić information content (AvgIpc) is 3.01. The molecule has 3 aromatic rings. The molecule has 0 saturated carbocycles. The first kappa shape index (κ1) is 14.8. The highest BCUT2D eigenvalue weighted by Gasteiger charge is 2.26. The van der Waals surface area contributed by atoms with E-state index in [0.717, 1.165) is 5.56 Å². The molecule has 1 N–H and O–H groups in total. The SMILES string of the molecule is CN(C)c1cc(NCc2ccccc2)c2nonc2c1[N+](=O)[O-]. The van der Waals surface area contributed by atoms with Crippen LogP contribution in [0.1, 0.15) is 5.56 Å². The smallest absolute Gasteiger partial charge is 0.323 e. The van der Waals surface area contributed by atoms with Crippen LogP contribution in [-0.2, 0) is 6.54 Å². The topological polar surface area (TPSA) is 97.3 Å². The lowest BCUT2D eigenvalue weighted by Gasteiger charge is -2.15. The van der Waals surface area contributed by atoms with Crippen molar-refractivity contribution in [2.24, 2.45) is 0 Å². The molecule has 0 saturated heterocycles. The number of benzene rings is 2. The Morgan fingerprint density at radius 1 is 1.22 bits per heavy atom. The van der Waals surface area contributed by atoms with Crippen LogP contribution in [0.15, 0.2) is 41.0 Å². The summed E-state index contributed by atoms with van der Waals surface area (Å²) in [5, 5.41) is 22.1. The zero-order valence-electron chi connectivity index (χ0n) is 12.7. The van der Waals surface area contributed by atoms with E-state index in [0.29, 0.717) is 23.4 Å². The van der Waals surface area contributed by atoms with E-state index in [1.807, 2.05) is 30.3 Å². The van der Waals surface area contributed by atoms with E-state index in [2.05, 4.69) is 15.6 Å². The number of anilines is 2. The van der Waals surface area contributed by atoms with Crippen LogP contribution in [0.2, 0.25) is 0 Å². The molecule has 3 rings (SSSR count). The quantitative estimate of drug-likeness (QED) is 0.571. The minimum absolute atomic E-state index is 0.114. The maximum Gasteiger partial charge on any atom is 0.323 e. The second-order valence-corrected chi connectivity index (χ2v) is 5.24. The van der Waals surface area contributed by atoms with E-state index in [1.165, 1.54) is 0 Å². The molecule has 0 radical (unpaired) electrons. The van der Waals surface area contributed by atoms with Crippen molar-refractivity contribution in [3.05, 3.63) is 52.1 Å². The lowest BCUT2D eigenvalue weighted by Crippen LogP contribution is -2.12. The van der Waals surface area contributed by atoms with E-state index in [-0.39, 0.29) is 11.2 Å². The predicted molar refractivity (Wildman–Crippen MR) is 86.6 cm³/mol. The summed E-state index contributed by atoms with van der Waals surface area (Å²) in [6.45, 7) is 0.563. The van der Waals surface area contributed by atoms with Gasteiger partial charge in [0, 0.05) is 20.6 Å². The van der Waals surface area contributed by atoms with Gasteiger partial charge in [-0.2, -0.15) is 0 Å². The number of fused-ring (bicyclic) bond motifs is 1. The third kappa shape index (κ3) is 2.78. The summed E-state index contributed by atoms with van der Waals surface area (Å²) in [5.74, 6) is 0. The Balaban J connectivity index is 2.05. The van der Waals surface area contributed by atoms with Crippen LogP contribution in [0.3, 0.4) is 0 Å². The summed E-state index contributed by atoms with van der Waals surface area (Å²) < 4.78 is 4.72. The predicted octanol–water partition coefficient (Wildman–Crippen LogP) is 2.81. The summed E-state index contributed by atoms with van der Waals surface area (Å²) in [5.41, 5.74) is 2.53. The molecule has 0 aliphatic carbocycles. The highest BCUT2D eigenvalue weighted by molar-refractivity contribution is 5.99. The van der Waals surface area contributed by atoms with Gasteiger partial charge in [-0.3, -0.25) is 10.1 Å². The maximum atomic E-state index is 11.4. The van der Waals surface area contributed by atoms with Crippen molar-refractivity contribution in [1.82, 2.24) is 10.3 Å². The van der Waals surface area contributed by atoms with Gasteiger partial charge in [-0.25, -0.2) is 4.63 Å². The number of rotatable bonds is 5. The normalized spacial score (nSPS) is 10.7. The third-order valence-corrected chi connectivity index (χ3v) is 3.48. The number of aromatic nitrogens is 2. The van der Waals surface area contributed by atoms with Crippen molar-refractivity contribution in [1.29, 1.82) is 0 Å². The molecule has 8 nitrogen and oxygen atoms in total. The number of hydrogen-bond acceptors (Lipinski definition) is 7. The molecule has 0 bridgehead atoms. The van der Waals surface area contributed by atoms with Gasteiger partial charge in [-0.05, 0) is 21.9 Å². The Morgan fingerprint density at radius 3 is 2.57 bits per heavy atom. The van der Waals surface area contributed by atoms with Crippen LogP contribution in [-0.4, -0.2) is 29.3 Å². The monoisotopic (exact) mass is 313 g/mol. The van der Waals surface area contributed by atoms with E-state index >= 15 is 0 Å². The third-order valence-electron chi connectivity index (χ3n) is 3.48. The first-order valence-corrected chi connectivity index (χ1v) is 6.96. The van der Waals surface area contributed by atoms with Crippen LogP contribution >= 0.6 is 0 Å².